The van der Waals surface area contributed by atoms with Crippen molar-refractivity contribution in [1.82, 2.24) is 0 Å². The Kier molecular flexibility index (Phi) is 4.78. The number of ether oxygens (including phenoxy) is 2. The molecule has 0 heterocycles. The molecular weight excluding hydrogens is 224 g/mol. The lowest BCUT2D eigenvalue weighted by Crippen LogP contribution is -2.26. The van der Waals surface area contributed by atoms with Crippen LogP contribution in [0.3, 0.4) is 0 Å². The molecule has 2 N–H and O–H groups in total. The number of carboxylic acid groups (broad SMARTS) is 1. The van der Waals surface area contributed by atoms with E-state index in [1.165, 1.54) is 7.11 Å². The van der Waals surface area contributed by atoms with Gasteiger partial charge in [-0.1, -0.05) is 19.1 Å². The number of rotatable bonds is 6. The van der Waals surface area contributed by atoms with Crippen LogP contribution in [0.2, 0.25) is 0 Å². The summed E-state index contributed by atoms with van der Waals surface area (Å²) in [6.45, 7) is 1.48. The van der Waals surface area contributed by atoms with Crippen molar-refractivity contribution < 1.29 is 24.5 Å². The predicted molar refractivity (Wildman–Crippen MR) is 61.3 cm³/mol. The van der Waals surface area contributed by atoms with Crippen molar-refractivity contribution in [1.29, 1.82) is 0 Å². The molecule has 0 spiro atoms. The molecule has 0 aromatic heterocycles. The fourth-order valence-corrected chi connectivity index (χ4v) is 1.43. The van der Waals surface area contributed by atoms with Gasteiger partial charge in [0.15, 0.2) is 17.6 Å². The van der Waals surface area contributed by atoms with Gasteiger partial charge in [-0.3, -0.25) is 0 Å². The summed E-state index contributed by atoms with van der Waals surface area (Å²) in [6.07, 6.45) is -0.616. The number of aliphatic hydroxyl groups is 1. The van der Waals surface area contributed by atoms with Gasteiger partial charge in [-0.15, -0.1) is 0 Å². The molecule has 94 valence electrons. The highest BCUT2D eigenvalue weighted by Gasteiger charge is 2.20. The maximum absolute atomic E-state index is 10.9. The Balaban J connectivity index is 3.05. The standard InChI is InChI=1S/C12H16O5/c1-3-9(12(14)15)17-11-8(7-13)5-4-6-10(11)16-2/h4-6,9,13H,3,7H2,1-2H3,(H,14,15). The largest absolute Gasteiger partial charge is 0.493 e. The molecule has 1 atom stereocenters. The monoisotopic (exact) mass is 240 g/mol. The molecule has 5 heteroatoms. The Morgan fingerprint density at radius 2 is 2.18 bits per heavy atom. The normalized spacial score (nSPS) is 11.9. The third-order valence-electron chi connectivity index (χ3n) is 2.36. The average Bonchev–Trinajstić information content (AvgIpc) is 2.35. The number of benzene rings is 1. The minimum atomic E-state index is -1.04. The lowest BCUT2D eigenvalue weighted by atomic mass is 10.2. The fraction of sp³-hybridized carbons (Fsp3) is 0.417. The van der Waals surface area contributed by atoms with E-state index >= 15 is 0 Å². The van der Waals surface area contributed by atoms with Crippen molar-refractivity contribution in [2.45, 2.75) is 26.1 Å². The number of hydrogen-bond donors (Lipinski definition) is 2. The van der Waals surface area contributed by atoms with Gasteiger partial charge in [0, 0.05) is 5.56 Å². The SMILES string of the molecule is CCC(Oc1c(CO)cccc1OC)C(=O)O. The summed E-state index contributed by atoms with van der Waals surface area (Å²) in [6, 6.07) is 5.02. The second-order valence-electron chi connectivity index (χ2n) is 3.46. The molecule has 0 bridgehead atoms. The first-order valence-corrected chi connectivity index (χ1v) is 5.30. The van der Waals surface area contributed by atoms with Crippen molar-refractivity contribution in [3.05, 3.63) is 23.8 Å². The van der Waals surface area contributed by atoms with E-state index in [-0.39, 0.29) is 12.4 Å². The summed E-state index contributed by atoms with van der Waals surface area (Å²) in [5.74, 6) is -0.342. The van der Waals surface area contributed by atoms with E-state index < -0.39 is 12.1 Å². The van der Waals surface area contributed by atoms with Crippen molar-refractivity contribution in [2.24, 2.45) is 0 Å². The summed E-state index contributed by atoms with van der Waals surface area (Å²) in [7, 11) is 1.46. The van der Waals surface area contributed by atoms with Crippen LogP contribution in [0.1, 0.15) is 18.9 Å². The van der Waals surface area contributed by atoms with Gasteiger partial charge in [0.2, 0.25) is 0 Å². The maximum Gasteiger partial charge on any atom is 0.344 e. The lowest BCUT2D eigenvalue weighted by Gasteiger charge is -2.18. The molecule has 0 amide bonds. The molecule has 0 saturated carbocycles. The topological polar surface area (TPSA) is 76.0 Å². The van der Waals surface area contributed by atoms with Crippen molar-refractivity contribution in [3.8, 4) is 11.5 Å². The fourth-order valence-electron chi connectivity index (χ4n) is 1.43. The molecule has 1 rings (SSSR count). The summed E-state index contributed by atoms with van der Waals surface area (Å²) < 4.78 is 10.5. The average molecular weight is 240 g/mol. The van der Waals surface area contributed by atoms with Gasteiger partial charge >= 0.3 is 5.97 Å². The van der Waals surface area contributed by atoms with Crippen LogP contribution in [0.4, 0.5) is 0 Å². The molecule has 0 aliphatic carbocycles. The van der Waals surface area contributed by atoms with E-state index in [9.17, 15) is 9.90 Å². The summed E-state index contributed by atoms with van der Waals surface area (Å²) in [5, 5.41) is 18.1. The first-order valence-electron chi connectivity index (χ1n) is 5.30. The number of aliphatic hydroxyl groups excluding tert-OH is 1. The van der Waals surface area contributed by atoms with Crippen LogP contribution in [0.15, 0.2) is 18.2 Å². The number of carboxylic acids is 1. The van der Waals surface area contributed by atoms with E-state index in [2.05, 4.69) is 0 Å². The third kappa shape index (κ3) is 3.10. The molecule has 1 aromatic rings. The van der Waals surface area contributed by atoms with Gasteiger partial charge in [0.1, 0.15) is 0 Å². The van der Waals surface area contributed by atoms with Gasteiger partial charge in [-0.2, -0.15) is 0 Å². The van der Waals surface area contributed by atoms with Crippen molar-refractivity contribution >= 4 is 5.97 Å². The molecule has 17 heavy (non-hydrogen) atoms. The quantitative estimate of drug-likeness (QED) is 0.786. The third-order valence-corrected chi connectivity index (χ3v) is 2.36. The zero-order valence-electron chi connectivity index (χ0n) is 9.84. The highest BCUT2D eigenvalue weighted by atomic mass is 16.5. The van der Waals surface area contributed by atoms with Crippen LogP contribution in [0.25, 0.3) is 0 Å². The molecule has 5 nitrogen and oxygen atoms in total. The van der Waals surface area contributed by atoms with Crippen LogP contribution in [-0.2, 0) is 11.4 Å². The van der Waals surface area contributed by atoms with Crippen LogP contribution >= 0.6 is 0 Å². The van der Waals surface area contributed by atoms with Gasteiger partial charge < -0.3 is 19.7 Å². The highest BCUT2D eigenvalue weighted by molar-refractivity contribution is 5.73. The Morgan fingerprint density at radius 3 is 2.65 bits per heavy atom. The molecule has 1 aromatic carbocycles. The predicted octanol–water partition coefficient (Wildman–Crippen LogP) is 1.43. The molecule has 0 saturated heterocycles. The van der Waals surface area contributed by atoms with Crippen LogP contribution < -0.4 is 9.47 Å². The summed E-state index contributed by atoms with van der Waals surface area (Å²) >= 11 is 0. The summed E-state index contributed by atoms with van der Waals surface area (Å²) in [5.41, 5.74) is 0.504. The Hall–Kier alpha value is -1.75. The molecule has 0 fully saturated rings. The van der Waals surface area contributed by atoms with Crippen LogP contribution in [0, 0.1) is 0 Å². The summed E-state index contributed by atoms with van der Waals surface area (Å²) in [4.78, 5) is 10.9. The zero-order chi connectivity index (χ0) is 12.8. The molecule has 1 unspecified atom stereocenters. The number of aliphatic carboxylic acids is 1. The first kappa shape index (κ1) is 13.3. The Labute approximate surface area is 99.6 Å². The van der Waals surface area contributed by atoms with E-state index in [1.54, 1.807) is 25.1 Å². The zero-order valence-corrected chi connectivity index (χ0v) is 9.84. The highest BCUT2D eigenvalue weighted by Crippen LogP contribution is 2.32. The van der Waals surface area contributed by atoms with E-state index in [0.717, 1.165) is 0 Å². The van der Waals surface area contributed by atoms with E-state index in [1.807, 2.05) is 0 Å². The minimum Gasteiger partial charge on any atom is -0.493 e. The maximum atomic E-state index is 10.9. The smallest absolute Gasteiger partial charge is 0.344 e. The van der Waals surface area contributed by atoms with Crippen LogP contribution in [-0.4, -0.2) is 29.4 Å². The number of hydrogen-bond acceptors (Lipinski definition) is 4. The Morgan fingerprint density at radius 1 is 1.47 bits per heavy atom. The molecule has 0 aliphatic heterocycles. The van der Waals surface area contributed by atoms with Gasteiger partial charge in [-0.25, -0.2) is 4.79 Å². The minimum absolute atomic E-state index is 0.234. The van der Waals surface area contributed by atoms with Gasteiger partial charge in [0.25, 0.3) is 0 Å². The Bertz CT molecular complexity index is 366. The lowest BCUT2D eigenvalue weighted by molar-refractivity contribution is -0.145. The van der Waals surface area contributed by atoms with Crippen molar-refractivity contribution in [3.63, 3.8) is 0 Å². The molecular formula is C12H16O5. The molecule has 0 aliphatic rings. The van der Waals surface area contributed by atoms with E-state index in [4.69, 9.17) is 14.6 Å². The first-order chi connectivity index (χ1) is 8.13. The van der Waals surface area contributed by atoms with Gasteiger partial charge in [0.05, 0.1) is 13.7 Å². The molecule has 0 radical (unpaired) electrons. The van der Waals surface area contributed by atoms with Gasteiger partial charge in [-0.05, 0) is 12.5 Å². The second kappa shape index (κ2) is 6.10. The number of para-hydroxylation sites is 1. The van der Waals surface area contributed by atoms with Crippen LogP contribution in [0.5, 0.6) is 11.5 Å². The number of methoxy groups -OCH3 is 1. The van der Waals surface area contributed by atoms with E-state index in [0.29, 0.717) is 17.7 Å². The number of carbonyl (C=O) groups is 1. The second-order valence-corrected chi connectivity index (χ2v) is 3.46. The van der Waals surface area contributed by atoms with Crippen molar-refractivity contribution in [2.75, 3.05) is 7.11 Å².